The summed E-state index contributed by atoms with van der Waals surface area (Å²) in [6, 6.07) is 14.4. The summed E-state index contributed by atoms with van der Waals surface area (Å²) in [6.07, 6.45) is 0. The van der Waals surface area contributed by atoms with Gasteiger partial charge in [0.25, 0.3) is 0 Å². The number of nitrogens with zero attached hydrogens (tertiary/aromatic N) is 6. The maximum atomic E-state index is 5.80. The van der Waals surface area contributed by atoms with E-state index in [9.17, 15) is 0 Å². The fraction of sp³-hybridized carbons (Fsp3) is 0.409. The molecule has 0 unspecified atom stereocenters. The zero-order valence-corrected chi connectivity index (χ0v) is 18.6. The molecule has 1 fully saturated rings. The van der Waals surface area contributed by atoms with Crippen LogP contribution in [0.2, 0.25) is 0 Å². The minimum absolute atomic E-state index is 0.618. The van der Waals surface area contributed by atoms with Gasteiger partial charge in [0.05, 0.1) is 24.7 Å². The quantitative estimate of drug-likeness (QED) is 0.564. The summed E-state index contributed by atoms with van der Waals surface area (Å²) in [6.45, 7) is 11.2. The number of benzene rings is 2. The summed E-state index contributed by atoms with van der Waals surface area (Å²) < 4.78 is 9.98. The van der Waals surface area contributed by atoms with Crippen molar-refractivity contribution in [1.29, 1.82) is 0 Å². The molecule has 7 nitrogen and oxygen atoms in total. The van der Waals surface area contributed by atoms with Gasteiger partial charge in [-0.1, -0.05) is 24.3 Å². The van der Waals surface area contributed by atoms with Crippen LogP contribution in [-0.4, -0.2) is 57.5 Å². The third-order valence-corrected chi connectivity index (χ3v) is 6.04. The molecule has 0 bridgehead atoms. The standard InChI is InChI=1S/C22H28N6OS/c1-4-29-21-11-6-5-9-20(21)26-14-12-25(13-15-26)16-27-22(30)28(24-23-27)19-10-7-8-17(2)18(19)3/h5-11H,4,12-16H2,1-3H3. The van der Waals surface area contributed by atoms with Gasteiger partial charge in [0.2, 0.25) is 4.77 Å². The number of anilines is 1. The van der Waals surface area contributed by atoms with Gasteiger partial charge in [-0.25, -0.2) is 4.68 Å². The van der Waals surface area contributed by atoms with Crippen molar-refractivity contribution >= 4 is 17.9 Å². The lowest BCUT2D eigenvalue weighted by Crippen LogP contribution is -2.47. The van der Waals surface area contributed by atoms with Gasteiger partial charge in [-0.15, -0.1) is 0 Å². The highest BCUT2D eigenvalue weighted by Gasteiger charge is 2.21. The molecule has 8 heteroatoms. The van der Waals surface area contributed by atoms with Crippen LogP contribution in [0.5, 0.6) is 5.75 Å². The van der Waals surface area contributed by atoms with Crippen LogP contribution in [0.1, 0.15) is 18.1 Å². The Morgan fingerprint density at radius 2 is 1.67 bits per heavy atom. The Balaban J connectivity index is 1.44. The van der Waals surface area contributed by atoms with Crippen LogP contribution >= 0.6 is 12.2 Å². The Morgan fingerprint density at radius 3 is 2.43 bits per heavy atom. The normalized spacial score (nSPS) is 14.8. The topological polar surface area (TPSA) is 51.4 Å². The maximum absolute atomic E-state index is 5.80. The zero-order chi connectivity index (χ0) is 21.1. The molecular formula is C22H28N6OS. The van der Waals surface area contributed by atoms with Gasteiger partial charge in [-0.3, -0.25) is 4.90 Å². The lowest BCUT2D eigenvalue weighted by molar-refractivity contribution is 0.192. The monoisotopic (exact) mass is 424 g/mol. The van der Waals surface area contributed by atoms with E-state index in [1.165, 1.54) is 11.1 Å². The molecule has 0 atom stereocenters. The Labute approximate surface area is 182 Å². The second kappa shape index (κ2) is 8.97. The van der Waals surface area contributed by atoms with Crippen molar-refractivity contribution in [2.75, 3.05) is 37.7 Å². The minimum Gasteiger partial charge on any atom is -0.492 e. The first-order chi connectivity index (χ1) is 14.6. The Bertz CT molecular complexity index is 1070. The highest BCUT2D eigenvalue weighted by molar-refractivity contribution is 7.71. The highest BCUT2D eigenvalue weighted by Crippen LogP contribution is 2.28. The Morgan fingerprint density at radius 1 is 0.933 bits per heavy atom. The summed E-state index contributed by atoms with van der Waals surface area (Å²) >= 11 is 5.67. The number of rotatable bonds is 6. The van der Waals surface area contributed by atoms with E-state index in [1.807, 2.05) is 31.2 Å². The van der Waals surface area contributed by atoms with Crippen molar-refractivity contribution in [2.24, 2.45) is 0 Å². The number of para-hydroxylation sites is 2. The van der Waals surface area contributed by atoms with Crippen molar-refractivity contribution in [3.63, 3.8) is 0 Å². The van der Waals surface area contributed by atoms with E-state index >= 15 is 0 Å². The lowest BCUT2D eigenvalue weighted by atomic mass is 10.1. The zero-order valence-electron chi connectivity index (χ0n) is 17.8. The summed E-state index contributed by atoms with van der Waals surface area (Å²) in [4.78, 5) is 4.74. The van der Waals surface area contributed by atoms with E-state index in [0.717, 1.165) is 43.3 Å². The molecular weight excluding hydrogens is 396 g/mol. The third-order valence-electron chi connectivity index (χ3n) is 5.66. The molecule has 2 heterocycles. The SMILES string of the molecule is CCOc1ccccc1N1CCN(Cn2nnn(-c3cccc(C)c3C)c2=S)CC1. The number of ether oxygens (including phenoxy) is 1. The second-order valence-electron chi connectivity index (χ2n) is 7.54. The van der Waals surface area contributed by atoms with Gasteiger partial charge in [0, 0.05) is 26.2 Å². The fourth-order valence-corrected chi connectivity index (χ4v) is 4.02. The molecule has 0 spiro atoms. The van der Waals surface area contributed by atoms with Gasteiger partial charge in [-0.05, 0) is 72.7 Å². The fourth-order valence-electron chi connectivity index (χ4n) is 3.79. The van der Waals surface area contributed by atoms with Gasteiger partial charge < -0.3 is 9.64 Å². The predicted octanol–water partition coefficient (Wildman–Crippen LogP) is 3.59. The van der Waals surface area contributed by atoms with Gasteiger partial charge >= 0.3 is 0 Å². The van der Waals surface area contributed by atoms with Crippen LogP contribution in [0.25, 0.3) is 5.69 Å². The minimum atomic E-state index is 0.618. The molecule has 1 aliphatic rings. The van der Waals surface area contributed by atoms with Crippen LogP contribution in [0.3, 0.4) is 0 Å². The predicted molar refractivity (Wildman–Crippen MR) is 121 cm³/mol. The van der Waals surface area contributed by atoms with E-state index < -0.39 is 0 Å². The third kappa shape index (κ3) is 4.11. The van der Waals surface area contributed by atoms with Crippen molar-refractivity contribution in [3.8, 4) is 11.4 Å². The van der Waals surface area contributed by atoms with Crippen LogP contribution in [0.15, 0.2) is 42.5 Å². The first-order valence-electron chi connectivity index (χ1n) is 10.4. The molecule has 0 saturated carbocycles. The first-order valence-corrected chi connectivity index (χ1v) is 10.8. The summed E-state index contributed by atoms with van der Waals surface area (Å²) in [7, 11) is 0. The molecule has 4 rings (SSSR count). The molecule has 0 amide bonds. The number of hydrogen-bond acceptors (Lipinski definition) is 6. The molecule has 1 aliphatic heterocycles. The van der Waals surface area contributed by atoms with Crippen molar-refractivity contribution in [1.82, 2.24) is 24.7 Å². The van der Waals surface area contributed by atoms with Crippen LogP contribution in [-0.2, 0) is 6.67 Å². The molecule has 158 valence electrons. The summed E-state index contributed by atoms with van der Waals surface area (Å²) in [5.74, 6) is 0.951. The number of aryl methyl sites for hydroxylation is 1. The van der Waals surface area contributed by atoms with E-state index in [2.05, 4.69) is 52.3 Å². The second-order valence-corrected chi connectivity index (χ2v) is 7.90. The molecule has 2 aromatic carbocycles. The Kier molecular flexibility index (Phi) is 6.15. The van der Waals surface area contributed by atoms with Gasteiger partial charge in [0.1, 0.15) is 5.75 Å². The van der Waals surface area contributed by atoms with E-state index in [4.69, 9.17) is 17.0 Å². The molecule has 1 saturated heterocycles. The molecule has 0 radical (unpaired) electrons. The van der Waals surface area contributed by atoms with Crippen molar-refractivity contribution in [2.45, 2.75) is 27.4 Å². The first kappa shape index (κ1) is 20.6. The average molecular weight is 425 g/mol. The van der Waals surface area contributed by atoms with Gasteiger partial charge in [0.15, 0.2) is 0 Å². The smallest absolute Gasteiger partial charge is 0.221 e. The molecule has 0 aliphatic carbocycles. The van der Waals surface area contributed by atoms with Gasteiger partial charge in [-0.2, -0.15) is 4.68 Å². The van der Waals surface area contributed by atoms with E-state index in [1.54, 1.807) is 9.36 Å². The van der Waals surface area contributed by atoms with Crippen LogP contribution in [0, 0.1) is 18.6 Å². The maximum Gasteiger partial charge on any atom is 0.221 e. The largest absolute Gasteiger partial charge is 0.492 e. The van der Waals surface area contributed by atoms with E-state index in [0.29, 0.717) is 18.0 Å². The number of hydrogen-bond donors (Lipinski definition) is 0. The molecule has 3 aromatic rings. The van der Waals surface area contributed by atoms with Crippen LogP contribution < -0.4 is 9.64 Å². The number of piperazine rings is 1. The molecule has 0 N–H and O–H groups in total. The lowest BCUT2D eigenvalue weighted by Gasteiger charge is -2.36. The highest BCUT2D eigenvalue weighted by atomic mass is 32.1. The molecule has 30 heavy (non-hydrogen) atoms. The summed E-state index contributed by atoms with van der Waals surface area (Å²) in [5.41, 5.74) is 4.54. The number of tetrazole rings is 1. The van der Waals surface area contributed by atoms with Crippen LogP contribution in [0.4, 0.5) is 5.69 Å². The Hall–Kier alpha value is -2.71. The molecule has 1 aromatic heterocycles. The van der Waals surface area contributed by atoms with Crippen molar-refractivity contribution in [3.05, 3.63) is 58.4 Å². The van der Waals surface area contributed by atoms with Crippen molar-refractivity contribution < 1.29 is 4.74 Å². The summed E-state index contributed by atoms with van der Waals surface area (Å²) in [5, 5.41) is 8.64. The number of aromatic nitrogens is 4. The average Bonchev–Trinajstić information content (AvgIpc) is 3.11. The van der Waals surface area contributed by atoms with E-state index in [-0.39, 0.29) is 0 Å².